The summed E-state index contributed by atoms with van der Waals surface area (Å²) in [5.41, 5.74) is 0.482. The fraction of sp³-hybridized carbons (Fsp3) is 0.640. The summed E-state index contributed by atoms with van der Waals surface area (Å²) in [6.07, 6.45) is 11.4. The van der Waals surface area contributed by atoms with E-state index >= 15 is 0 Å². The molecule has 0 aliphatic heterocycles. The zero-order valence-corrected chi connectivity index (χ0v) is 19.8. The van der Waals surface area contributed by atoms with Crippen LogP contribution >= 0.6 is 0 Å². The van der Waals surface area contributed by atoms with Crippen LogP contribution in [0.25, 0.3) is 11.1 Å². The highest BCUT2D eigenvalue weighted by atomic mass is 16.6. The highest BCUT2D eigenvalue weighted by Gasteiger charge is 2.24. The number of H-pyrrole nitrogens is 1. The zero-order valence-electron chi connectivity index (χ0n) is 19.8. The number of hydrogen-bond donors (Lipinski definition) is 1. The molecule has 0 amide bonds. The number of nitrogens with zero attached hydrogens (tertiary/aromatic N) is 2. The van der Waals surface area contributed by atoms with Crippen LogP contribution in [-0.2, 0) is 16.0 Å². The van der Waals surface area contributed by atoms with Gasteiger partial charge in [0.2, 0.25) is 5.71 Å². The molecule has 0 aromatic carbocycles. The van der Waals surface area contributed by atoms with Crippen molar-refractivity contribution >= 4 is 22.8 Å². The van der Waals surface area contributed by atoms with Crippen LogP contribution in [0.2, 0.25) is 0 Å². The number of esters is 1. The third-order valence-corrected chi connectivity index (χ3v) is 6.72. The molecule has 0 spiro atoms. The van der Waals surface area contributed by atoms with Crippen LogP contribution in [0.4, 0.5) is 0 Å². The maximum absolute atomic E-state index is 12.7. The maximum Gasteiger partial charge on any atom is 0.337 e. The van der Waals surface area contributed by atoms with Crippen LogP contribution in [0.15, 0.2) is 25.2 Å². The molecule has 2 aliphatic rings. The number of ether oxygens (including phenoxy) is 1. The van der Waals surface area contributed by atoms with Crippen molar-refractivity contribution in [2.24, 2.45) is 11.1 Å². The van der Waals surface area contributed by atoms with Crippen LogP contribution in [-0.4, -0.2) is 27.8 Å². The Morgan fingerprint density at radius 2 is 1.94 bits per heavy atom. The Morgan fingerprint density at radius 1 is 1.18 bits per heavy atom. The maximum atomic E-state index is 12.7. The summed E-state index contributed by atoms with van der Waals surface area (Å²) < 4.78 is 10.7. The second-order valence-corrected chi connectivity index (χ2v) is 9.39. The van der Waals surface area contributed by atoms with Crippen LogP contribution in [0, 0.1) is 5.92 Å². The number of aryl methyl sites for hydroxylation is 1. The van der Waals surface area contributed by atoms with Gasteiger partial charge in [-0.2, -0.15) is 4.98 Å². The summed E-state index contributed by atoms with van der Waals surface area (Å²) in [4.78, 5) is 48.9. The lowest BCUT2D eigenvalue weighted by molar-refractivity contribution is -0.150. The molecule has 2 fully saturated rings. The molecule has 2 heterocycles. The van der Waals surface area contributed by atoms with Crippen LogP contribution in [0.3, 0.4) is 0 Å². The van der Waals surface area contributed by atoms with E-state index in [-0.39, 0.29) is 35.1 Å². The first-order chi connectivity index (χ1) is 16.5. The minimum absolute atomic E-state index is 0.0394. The van der Waals surface area contributed by atoms with Gasteiger partial charge in [0.1, 0.15) is 11.5 Å². The topological polar surface area (TPSA) is 124 Å². The van der Waals surface area contributed by atoms with Crippen molar-refractivity contribution in [3.8, 4) is 6.01 Å². The number of aromatic amines is 1. The number of aromatic nitrogens is 2. The van der Waals surface area contributed by atoms with Gasteiger partial charge < -0.3 is 14.0 Å². The number of hydrogen-bond acceptors (Lipinski definition) is 8. The molecule has 4 rings (SSSR count). The number of oxime groups is 1. The van der Waals surface area contributed by atoms with Crippen LogP contribution in [0.1, 0.15) is 89.5 Å². The third-order valence-electron chi connectivity index (χ3n) is 6.72. The van der Waals surface area contributed by atoms with E-state index in [0.29, 0.717) is 31.2 Å². The number of rotatable bonds is 9. The quantitative estimate of drug-likeness (QED) is 0.326. The Labute approximate surface area is 197 Å². The third kappa shape index (κ3) is 6.33. The van der Waals surface area contributed by atoms with Crippen molar-refractivity contribution < 1.29 is 18.8 Å². The first-order valence-electron chi connectivity index (χ1n) is 12.5. The Balaban J connectivity index is 1.35. The van der Waals surface area contributed by atoms with E-state index in [0.717, 1.165) is 63.5 Å². The summed E-state index contributed by atoms with van der Waals surface area (Å²) in [5.74, 6) is 0.189. The molecule has 2 saturated carbocycles. The van der Waals surface area contributed by atoms with Crippen LogP contribution < -0.4 is 16.0 Å². The lowest BCUT2D eigenvalue weighted by Crippen LogP contribution is -2.21. The Kier molecular flexibility index (Phi) is 8.13. The Morgan fingerprint density at radius 3 is 2.68 bits per heavy atom. The van der Waals surface area contributed by atoms with Crippen molar-refractivity contribution in [1.29, 1.82) is 0 Å². The molecule has 2 aromatic heterocycles. The van der Waals surface area contributed by atoms with E-state index in [4.69, 9.17) is 14.0 Å². The number of carbonyl (C=O) groups excluding carboxylic acids is 1. The smallest absolute Gasteiger partial charge is 0.337 e. The molecule has 0 bridgehead atoms. The molecule has 0 saturated heterocycles. The first kappa shape index (κ1) is 24.2. The Bertz CT molecular complexity index is 1140. The van der Waals surface area contributed by atoms with Gasteiger partial charge in [-0.15, -0.1) is 0 Å². The molecule has 184 valence electrons. The molecular formula is C25H33N3O6. The van der Waals surface area contributed by atoms with E-state index in [1.165, 1.54) is 6.07 Å². The molecular weight excluding hydrogens is 438 g/mol. The van der Waals surface area contributed by atoms with Gasteiger partial charge in [0.15, 0.2) is 0 Å². The number of unbranched alkanes of at least 4 members (excludes halogenated alkanes) is 2. The van der Waals surface area contributed by atoms with Gasteiger partial charge in [0.05, 0.1) is 5.71 Å². The van der Waals surface area contributed by atoms with Gasteiger partial charge >= 0.3 is 17.6 Å². The molecule has 1 N–H and O–H groups in total. The molecule has 9 nitrogen and oxygen atoms in total. The molecule has 2 aliphatic carbocycles. The molecule has 9 heteroatoms. The zero-order chi connectivity index (χ0) is 23.9. The van der Waals surface area contributed by atoms with Crippen molar-refractivity contribution in [3.05, 3.63) is 32.4 Å². The monoisotopic (exact) mass is 471 g/mol. The van der Waals surface area contributed by atoms with Gasteiger partial charge in [-0.05, 0) is 75.7 Å². The fourth-order valence-corrected chi connectivity index (χ4v) is 4.82. The van der Waals surface area contributed by atoms with Crippen molar-refractivity contribution in [3.63, 3.8) is 0 Å². The average molecular weight is 472 g/mol. The minimum atomic E-state index is -0.542. The normalized spacial score (nSPS) is 18.9. The SMILES string of the molecule is CCCCCc1cc(=O)oc2nc(ON=C3CCC(CC(=O)OC4CCCC4)CC3)[nH]c(=O)c12. The Hall–Kier alpha value is -2.97. The van der Waals surface area contributed by atoms with E-state index in [2.05, 4.69) is 22.0 Å². The summed E-state index contributed by atoms with van der Waals surface area (Å²) in [6, 6.07) is 1.25. The van der Waals surface area contributed by atoms with E-state index in [1.807, 2.05) is 0 Å². The molecule has 0 unspecified atom stereocenters. The predicted molar refractivity (Wildman–Crippen MR) is 127 cm³/mol. The number of carbonyl (C=O) groups is 1. The molecule has 34 heavy (non-hydrogen) atoms. The largest absolute Gasteiger partial charge is 0.462 e. The highest BCUT2D eigenvalue weighted by molar-refractivity contribution is 5.85. The van der Waals surface area contributed by atoms with Crippen molar-refractivity contribution in [2.75, 3.05) is 0 Å². The summed E-state index contributed by atoms with van der Waals surface area (Å²) in [6.45, 7) is 2.09. The number of fused-ring (bicyclic) bond motifs is 1. The van der Waals surface area contributed by atoms with E-state index in [9.17, 15) is 14.4 Å². The predicted octanol–water partition coefficient (Wildman–Crippen LogP) is 4.41. The lowest BCUT2D eigenvalue weighted by atomic mass is 9.86. The fourth-order valence-electron chi connectivity index (χ4n) is 4.82. The van der Waals surface area contributed by atoms with Gasteiger partial charge in [-0.3, -0.25) is 14.6 Å². The standard InChI is InChI=1S/C25H33N3O6/c1-2-3-4-7-17-15-21(30)33-24-22(17)23(31)26-25(27-24)34-28-18-12-10-16(11-13-18)14-20(29)32-19-8-5-6-9-19/h15-16,19H,2-14H2,1H3,(H,26,27,31). The van der Waals surface area contributed by atoms with E-state index in [1.54, 1.807) is 0 Å². The lowest BCUT2D eigenvalue weighted by Gasteiger charge is -2.22. The van der Waals surface area contributed by atoms with Gasteiger partial charge in [-0.1, -0.05) is 24.9 Å². The average Bonchev–Trinajstić information content (AvgIpc) is 3.31. The second-order valence-electron chi connectivity index (χ2n) is 9.39. The highest BCUT2D eigenvalue weighted by Crippen LogP contribution is 2.27. The molecule has 0 atom stereocenters. The van der Waals surface area contributed by atoms with Crippen molar-refractivity contribution in [1.82, 2.24) is 9.97 Å². The summed E-state index contributed by atoms with van der Waals surface area (Å²) in [7, 11) is 0. The first-order valence-corrected chi connectivity index (χ1v) is 12.5. The molecule has 0 radical (unpaired) electrons. The molecule has 2 aromatic rings. The summed E-state index contributed by atoms with van der Waals surface area (Å²) >= 11 is 0. The van der Waals surface area contributed by atoms with Gasteiger partial charge in [-0.25, -0.2) is 4.79 Å². The van der Waals surface area contributed by atoms with Gasteiger partial charge in [0.25, 0.3) is 5.56 Å². The summed E-state index contributed by atoms with van der Waals surface area (Å²) in [5, 5.41) is 4.43. The minimum Gasteiger partial charge on any atom is -0.462 e. The van der Waals surface area contributed by atoms with Crippen molar-refractivity contribution in [2.45, 2.75) is 96.5 Å². The van der Waals surface area contributed by atoms with E-state index < -0.39 is 11.2 Å². The number of nitrogens with one attached hydrogen (secondary N) is 1. The van der Waals surface area contributed by atoms with Gasteiger partial charge in [0, 0.05) is 12.5 Å². The van der Waals surface area contributed by atoms with Crippen LogP contribution in [0.5, 0.6) is 6.01 Å². The second kappa shape index (κ2) is 11.4.